The maximum atomic E-state index is 11.6. The molecule has 5 aromatic carbocycles. The molecule has 6 rings (SSSR count). The standard InChI is InChI=1S/C34H24N2O2/c37-36(38)31-20-10-12-25(23-31)32-24-30(22-26-13-11-21-35-33(26)32)34(27-14-4-1-5-15-27,28-16-6-2-7-17-28)29-18-8-3-9-19-29/h1-24H. The first-order valence-electron chi connectivity index (χ1n) is 12.5. The first kappa shape index (κ1) is 23.3. The number of fused-ring (bicyclic) bond motifs is 1. The minimum absolute atomic E-state index is 0.0532. The van der Waals surface area contributed by atoms with Crippen molar-refractivity contribution in [2.75, 3.05) is 0 Å². The lowest BCUT2D eigenvalue weighted by Gasteiger charge is -2.37. The molecule has 182 valence electrons. The predicted molar refractivity (Wildman–Crippen MR) is 152 cm³/mol. The quantitative estimate of drug-likeness (QED) is 0.134. The molecule has 0 amide bonds. The number of benzene rings is 5. The molecule has 1 aromatic heterocycles. The molecule has 4 nitrogen and oxygen atoms in total. The van der Waals surface area contributed by atoms with E-state index in [-0.39, 0.29) is 10.6 Å². The highest BCUT2D eigenvalue weighted by atomic mass is 16.6. The summed E-state index contributed by atoms with van der Waals surface area (Å²) in [6.07, 6.45) is 1.77. The van der Waals surface area contributed by atoms with Crippen LogP contribution in [0.2, 0.25) is 0 Å². The van der Waals surface area contributed by atoms with Crippen LogP contribution in [0.15, 0.2) is 146 Å². The molecular weight excluding hydrogens is 468 g/mol. The van der Waals surface area contributed by atoms with E-state index in [0.717, 1.165) is 44.3 Å². The summed E-state index contributed by atoms with van der Waals surface area (Å²) in [5.74, 6) is 0. The summed E-state index contributed by atoms with van der Waals surface area (Å²) in [5.41, 5.74) is 6.28. The zero-order valence-electron chi connectivity index (χ0n) is 20.6. The Morgan fingerprint density at radius 2 is 1.16 bits per heavy atom. The average molecular weight is 493 g/mol. The fourth-order valence-electron chi connectivity index (χ4n) is 5.48. The van der Waals surface area contributed by atoms with Crippen molar-refractivity contribution in [3.05, 3.63) is 178 Å². The molecule has 0 unspecified atom stereocenters. The van der Waals surface area contributed by atoms with Crippen molar-refractivity contribution in [1.82, 2.24) is 4.98 Å². The van der Waals surface area contributed by atoms with Crippen LogP contribution in [0.5, 0.6) is 0 Å². The fourth-order valence-corrected chi connectivity index (χ4v) is 5.48. The number of hydrogen-bond acceptors (Lipinski definition) is 3. The fraction of sp³-hybridized carbons (Fsp3) is 0.0294. The van der Waals surface area contributed by atoms with Gasteiger partial charge in [0.1, 0.15) is 0 Å². The molecule has 6 aromatic rings. The van der Waals surface area contributed by atoms with Crippen molar-refractivity contribution in [3.8, 4) is 11.1 Å². The predicted octanol–water partition coefficient (Wildman–Crippen LogP) is 8.19. The number of hydrogen-bond donors (Lipinski definition) is 0. The largest absolute Gasteiger partial charge is 0.270 e. The van der Waals surface area contributed by atoms with Crippen LogP contribution in [-0.2, 0) is 5.41 Å². The number of nitro groups is 1. The number of pyridine rings is 1. The van der Waals surface area contributed by atoms with Gasteiger partial charge in [-0.2, -0.15) is 0 Å². The summed E-state index contributed by atoms with van der Waals surface area (Å²) in [4.78, 5) is 16.0. The van der Waals surface area contributed by atoms with Crippen LogP contribution in [0.25, 0.3) is 22.0 Å². The van der Waals surface area contributed by atoms with E-state index in [0.29, 0.717) is 0 Å². The number of non-ortho nitro benzene ring substituents is 1. The van der Waals surface area contributed by atoms with Crippen LogP contribution in [0.3, 0.4) is 0 Å². The first-order chi connectivity index (χ1) is 18.7. The Morgan fingerprint density at radius 1 is 0.579 bits per heavy atom. The maximum Gasteiger partial charge on any atom is 0.270 e. The zero-order chi connectivity index (χ0) is 26.0. The van der Waals surface area contributed by atoms with E-state index < -0.39 is 5.41 Å². The average Bonchev–Trinajstić information content (AvgIpc) is 2.99. The molecule has 38 heavy (non-hydrogen) atoms. The molecule has 1 heterocycles. The Hall–Kier alpha value is -5.09. The Labute approximate surface area is 221 Å². The van der Waals surface area contributed by atoms with E-state index in [1.54, 1.807) is 18.3 Å². The summed E-state index contributed by atoms with van der Waals surface area (Å²) in [6, 6.07) is 46.6. The van der Waals surface area contributed by atoms with E-state index in [2.05, 4.69) is 91.0 Å². The van der Waals surface area contributed by atoms with Crippen molar-refractivity contribution in [2.24, 2.45) is 0 Å². The van der Waals surface area contributed by atoms with Crippen LogP contribution in [0.1, 0.15) is 22.3 Å². The van der Waals surface area contributed by atoms with E-state index in [9.17, 15) is 10.1 Å². The normalized spacial score (nSPS) is 11.4. The number of aromatic nitrogens is 1. The molecule has 0 aliphatic rings. The van der Waals surface area contributed by atoms with Gasteiger partial charge in [-0.05, 0) is 46.0 Å². The number of nitro benzene ring substituents is 1. The molecule has 0 N–H and O–H groups in total. The van der Waals surface area contributed by atoms with Gasteiger partial charge in [-0.3, -0.25) is 15.1 Å². The SMILES string of the molecule is O=[N+]([O-])c1cccc(-c2cc(C(c3ccccc3)(c3ccccc3)c3ccccc3)cc3cccnc23)c1. The monoisotopic (exact) mass is 492 g/mol. The van der Waals surface area contributed by atoms with Gasteiger partial charge in [-0.1, -0.05) is 109 Å². The second-order valence-corrected chi connectivity index (χ2v) is 9.25. The molecule has 0 spiro atoms. The van der Waals surface area contributed by atoms with Gasteiger partial charge in [-0.25, -0.2) is 0 Å². The van der Waals surface area contributed by atoms with Gasteiger partial charge in [0.05, 0.1) is 15.9 Å². The van der Waals surface area contributed by atoms with Gasteiger partial charge in [0.15, 0.2) is 0 Å². The lowest BCUT2D eigenvalue weighted by molar-refractivity contribution is -0.384. The molecule has 0 aliphatic carbocycles. The summed E-state index contributed by atoms with van der Waals surface area (Å²) in [5, 5.41) is 12.6. The van der Waals surface area contributed by atoms with Gasteiger partial charge in [0, 0.05) is 29.3 Å². The highest BCUT2D eigenvalue weighted by molar-refractivity contribution is 5.95. The van der Waals surface area contributed by atoms with Gasteiger partial charge < -0.3 is 0 Å². The lowest BCUT2D eigenvalue weighted by atomic mass is 9.64. The van der Waals surface area contributed by atoms with E-state index in [1.165, 1.54) is 6.07 Å². The highest BCUT2D eigenvalue weighted by Gasteiger charge is 2.38. The third kappa shape index (κ3) is 3.93. The minimum Gasteiger partial charge on any atom is -0.258 e. The van der Waals surface area contributed by atoms with Gasteiger partial charge in [0.25, 0.3) is 5.69 Å². The van der Waals surface area contributed by atoms with Crippen LogP contribution in [0, 0.1) is 10.1 Å². The van der Waals surface area contributed by atoms with Crippen molar-refractivity contribution < 1.29 is 4.92 Å². The van der Waals surface area contributed by atoms with Crippen molar-refractivity contribution in [3.63, 3.8) is 0 Å². The summed E-state index contributed by atoms with van der Waals surface area (Å²) >= 11 is 0. The second kappa shape index (κ2) is 9.75. The topological polar surface area (TPSA) is 56.0 Å². The van der Waals surface area contributed by atoms with E-state index >= 15 is 0 Å². The first-order valence-corrected chi connectivity index (χ1v) is 12.5. The maximum absolute atomic E-state index is 11.6. The smallest absolute Gasteiger partial charge is 0.258 e. The Balaban J connectivity index is 1.76. The molecule has 0 fully saturated rings. The molecule has 0 aliphatic heterocycles. The number of nitrogens with zero attached hydrogens (tertiary/aromatic N) is 2. The molecular formula is C34H24N2O2. The lowest BCUT2D eigenvalue weighted by Crippen LogP contribution is -2.31. The summed E-state index contributed by atoms with van der Waals surface area (Å²) < 4.78 is 0. The van der Waals surface area contributed by atoms with Gasteiger partial charge >= 0.3 is 0 Å². The van der Waals surface area contributed by atoms with E-state index in [1.807, 2.05) is 30.3 Å². The summed E-state index contributed by atoms with van der Waals surface area (Å²) in [6.45, 7) is 0. The molecule has 0 saturated carbocycles. The van der Waals surface area contributed by atoms with Crippen LogP contribution >= 0.6 is 0 Å². The van der Waals surface area contributed by atoms with Gasteiger partial charge in [0.2, 0.25) is 0 Å². The Morgan fingerprint density at radius 3 is 1.71 bits per heavy atom. The van der Waals surface area contributed by atoms with Crippen molar-refractivity contribution in [2.45, 2.75) is 5.41 Å². The second-order valence-electron chi connectivity index (χ2n) is 9.25. The Kier molecular flexibility index (Phi) is 5.98. The highest BCUT2D eigenvalue weighted by Crippen LogP contribution is 2.47. The van der Waals surface area contributed by atoms with Crippen LogP contribution in [-0.4, -0.2) is 9.91 Å². The minimum atomic E-state index is -0.636. The number of rotatable bonds is 6. The zero-order valence-corrected chi connectivity index (χ0v) is 20.6. The van der Waals surface area contributed by atoms with Gasteiger partial charge in [-0.15, -0.1) is 0 Å². The molecule has 0 saturated heterocycles. The summed E-state index contributed by atoms with van der Waals surface area (Å²) in [7, 11) is 0. The molecule has 0 bridgehead atoms. The van der Waals surface area contributed by atoms with Crippen LogP contribution < -0.4 is 0 Å². The molecule has 0 radical (unpaired) electrons. The van der Waals surface area contributed by atoms with E-state index in [4.69, 9.17) is 4.98 Å². The van der Waals surface area contributed by atoms with Crippen LogP contribution in [0.4, 0.5) is 5.69 Å². The third-order valence-electron chi connectivity index (χ3n) is 7.13. The third-order valence-corrected chi connectivity index (χ3v) is 7.13. The molecule has 0 atom stereocenters. The van der Waals surface area contributed by atoms with Crippen molar-refractivity contribution in [1.29, 1.82) is 0 Å². The van der Waals surface area contributed by atoms with Crippen molar-refractivity contribution >= 4 is 16.6 Å². The Bertz CT molecular complexity index is 1640. The molecule has 4 heteroatoms.